The van der Waals surface area contributed by atoms with Crippen LogP contribution >= 0.6 is 0 Å². The van der Waals surface area contributed by atoms with Crippen molar-refractivity contribution in [2.75, 3.05) is 19.0 Å². The summed E-state index contributed by atoms with van der Waals surface area (Å²) in [4.78, 5) is 3.72. The number of pyridine rings is 1. The van der Waals surface area contributed by atoms with E-state index < -0.39 is 11.7 Å². The van der Waals surface area contributed by atoms with Gasteiger partial charge in [0.2, 0.25) is 0 Å². The van der Waals surface area contributed by atoms with E-state index in [-0.39, 0.29) is 11.9 Å². The van der Waals surface area contributed by atoms with Crippen molar-refractivity contribution in [2.45, 2.75) is 25.6 Å². The smallest absolute Gasteiger partial charge is 0.385 e. The highest BCUT2D eigenvalue weighted by molar-refractivity contribution is 5.46. The van der Waals surface area contributed by atoms with Crippen molar-refractivity contribution in [2.24, 2.45) is 0 Å². The number of alkyl halides is 3. The first-order chi connectivity index (χ1) is 7.95. The Morgan fingerprint density at radius 3 is 2.76 bits per heavy atom. The topological polar surface area (TPSA) is 34.1 Å². The molecule has 0 aliphatic heterocycles. The third-order valence-corrected chi connectivity index (χ3v) is 2.25. The van der Waals surface area contributed by atoms with E-state index >= 15 is 0 Å². The Hall–Kier alpha value is -1.30. The molecule has 0 bridgehead atoms. The summed E-state index contributed by atoms with van der Waals surface area (Å²) in [6.45, 7) is 2.27. The van der Waals surface area contributed by atoms with Gasteiger partial charge in [-0.15, -0.1) is 0 Å². The van der Waals surface area contributed by atoms with E-state index in [1.54, 1.807) is 14.0 Å². The molecule has 0 aromatic carbocycles. The van der Waals surface area contributed by atoms with Gasteiger partial charge in [0.15, 0.2) is 0 Å². The molecule has 17 heavy (non-hydrogen) atoms. The van der Waals surface area contributed by atoms with Crippen molar-refractivity contribution >= 4 is 5.82 Å². The van der Waals surface area contributed by atoms with Crippen molar-refractivity contribution in [3.05, 3.63) is 23.9 Å². The molecule has 1 atom stereocenters. The summed E-state index contributed by atoms with van der Waals surface area (Å²) in [5.74, 6) is -0.136. The number of rotatable bonds is 5. The van der Waals surface area contributed by atoms with E-state index in [1.807, 2.05) is 0 Å². The molecular weight excluding hydrogens is 233 g/mol. The minimum atomic E-state index is -4.39. The lowest BCUT2D eigenvalue weighted by Gasteiger charge is -2.17. The van der Waals surface area contributed by atoms with E-state index in [9.17, 15) is 13.2 Å². The highest BCUT2D eigenvalue weighted by Gasteiger charge is 2.34. The molecule has 0 aliphatic rings. The molecule has 0 spiro atoms. The van der Waals surface area contributed by atoms with Gasteiger partial charge in [-0.1, -0.05) is 0 Å². The van der Waals surface area contributed by atoms with Gasteiger partial charge in [-0.05, 0) is 25.5 Å². The maximum Gasteiger partial charge on any atom is 0.419 e. The van der Waals surface area contributed by atoms with Gasteiger partial charge in [0.1, 0.15) is 5.82 Å². The first-order valence-corrected chi connectivity index (χ1v) is 5.23. The number of anilines is 1. The largest absolute Gasteiger partial charge is 0.419 e. The molecule has 0 fully saturated rings. The lowest BCUT2D eigenvalue weighted by atomic mass is 10.2. The van der Waals surface area contributed by atoms with E-state index in [1.165, 1.54) is 12.3 Å². The van der Waals surface area contributed by atoms with Gasteiger partial charge in [-0.2, -0.15) is 13.2 Å². The molecule has 1 aromatic rings. The zero-order valence-electron chi connectivity index (χ0n) is 9.71. The van der Waals surface area contributed by atoms with Crippen LogP contribution in [0.25, 0.3) is 0 Å². The maximum atomic E-state index is 12.6. The standard InChI is InChI=1S/C11H15F3N2O/c1-8(5-7-17-2)16-10-9(11(12,13)14)4-3-6-15-10/h3-4,6,8H,5,7H2,1-2H3,(H,15,16). The average molecular weight is 248 g/mol. The van der Waals surface area contributed by atoms with E-state index in [0.29, 0.717) is 13.0 Å². The molecule has 96 valence electrons. The van der Waals surface area contributed by atoms with Crippen LogP contribution in [0.4, 0.5) is 19.0 Å². The second kappa shape index (κ2) is 5.86. The molecule has 0 saturated carbocycles. The molecule has 0 aliphatic carbocycles. The van der Waals surface area contributed by atoms with Crippen LogP contribution < -0.4 is 5.32 Å². The van der Waals surface area contributed by atoms with Crippen LogP contribution in [0.3, 0.4) is 0 Å². The van der Waals surface area contributed by atoms with Crippen molar-refractivity contribution < 1.29 is 17.9 Å². The number of hydrogen-bond acceptors (Lipinski definition) is 3. The summed E-state index contributed by atoms with van der Waals surface area (Å²) >= 11 is 0. The van der Waals surface area contributed by atoms with Crippen LogP contribution in [0.1, 0.15) is 18.9 Å². The second-order valence-corrected chi connectivity index (χ2v) is 3.72. The summed E-state index contributed by atoms with van der Waals surface area (Å²) < 4.78 is 42.8. The van der Waals surface area contributed by atoms with Crippen molar-refractivity contribution in [3.8, 4) is 0 Å². The normalized spacial score (nSPS) is 13.5. The molecule has 1 N–H and O–H groups in total. The van der Waals surface area contributed by atoms with Crippen LogP contribution in [-0.2, 0) is 10.9 Å². The fraction of sp³-hybridized carbons (Fsp3) is 0.545. The van der Waals surface area contributed by atoms with Gasteiger partial charge in [0.25, 0.3) is 0 Å². The fourth-order valence-electron chi connectivity index (χ4n) is 1.35. The lowest BCUT2D eigenvalue weighted by Crippen LogP contribution is -2.21. The predicted octanol–water partition coefficient (Wildman–Crippen LogP) is 2.94. The molecule has 1 rings (SSSR count). The number of methoxy groups -OCH3 is 1. The van der Waals surface area contributed by atoms with Gasteiger partial charge in [0.05, 0.1) is 5.56 Å². The third kappa shape index (κ3) is 4.22. The highest BCUT2D eigenvalue weighted by atomic mass is 19.4. The Bertz CT molecular complexity index is 355. The molecule has 1 aromatic heterocycles. The second-order valence-electron chi connectivity index (χ2n) is 3.72. The summed E-state index contributed by atoms with van der Waals surface area (Å²) in [6, 6.07) is 2.15. The van der Waals surface area contributed by atoms with Crippen molar-refractivity contribution in [1.29, 1.82) is 0 Å². The average Bonchev–Trinajstić information content (AvgIpc) is 2.25. The van der Waals surface area contributed by atoms with Gasteiger partial charge in [-0.3, -0.25) is 0 Å². The SMILES string of the molecule is COCCC(C)Nc1ncccc1C(F)(F)F. The van der Waals surface area contributed by atoms with Crippen LogP contribution in [0, 0.1) is 0 Å². The molecule has 6 heteroatoms. The van der Waals surface area contributed by atoms with Crippen molar-refractivity contribution in [3.63, 3.8) is 0 Å². The molecule has 0 radical (unpaired) electrons. The zero-order valence-corrected chi connectivity index (χ0v) is 9.71. The Kier molecular flexibility index (Phi) is 4.74. The number of nitrogens with zero attached hydrogens (tertiary/aromatic N) is 1. The summed E-state index contributed by atoms with van der Waals surface area (Å²) in [6.07, 6.45) is -2.44. The maximum absolute atomic E-state index is 12.6. The predicted molar refractivity (Wildman–Crippen MR) is 58.8 cm³/mol. The minimum Gasteiger partial charge on any atom is -0.385 e. The Morgan fingerprint density at radius 2 is 2.18 bits per heavy atom. The molecule has 0 amide bonds. The van der Waals surface area contributed by atoms with Crippen LogP contribution in [0.2, 0.25) is 0 Å². The van der Waals surface area contributed by atoms with Crippen LogP contribution in [0.5, 0.6) is 0 Å². The monoisotopic (exact) mass is 248 g/mol. The number of nitrogens with one attached hydrogen (secondary N) is 1. The quantitative estimate of drug-likeness (QED) is 0.869. The highest BCUT2D eigenvalue weighted by Crippen LogP contribution is 2.33. The number of aromatic nitrogens is 1. The number of halogens is 3. The Morgan fingerprint density at radius 1 is 1.47 bits per heavy atom. The van der Waals surface area contributed by atoms with E-state index in [0.717, 1.165) is 6.07 Å². The van der Waals surface area contributed by atoms with Crippen molar-refractivity contribution in [1.82, 2.24) is 4.98 Å². The third-order valence-electron chi connectivity index (χ3n) is 2.25. The first-order valence-electron chi connectivity index (χ1n) is 5.23. The van der Waals surface area contributed by atoms with Gasteiger partial charge in [-0.25, -0.2) is 4.98 Å². The summed E-state index contributed by atoms with van der Waals surface area (Å²) in [5.41, 5.74) is -0.746. The van der Waals surface area contributed by atoms with Crippen LogP contribution in [-0.4, -0.2) is 24.7 Å². The lowest BCUT2D eigenvalue weighted by molar-refractivity contribution is -0.137. The van der Waals surface area contributed by atoms with Gasteiger partial charge >= 0.3 is 6.18 Å². The number of ether oxygens (including phenoxy) is 1. The molecule has 1 unspecified atom stereocenters. The number of hydrogen-bond donors (Lipinski definition) is 1. The Labute approximate surface area is 98.0 Å². The fourth-order valence-corrected chi connectivity index (χ4v) is 1.35. The van der Waals surface area contributed by atoms with E-state index in [4.69, 9.17) is 4.74 Å². The van der Waals surface area contributed by atoms with E-state index in [2.05, 4.69) is 10.3 Å². The summed E-state index contributed by atoms with van der Waals surface area (Å²) in [7, 11) is 1.55. The van der Waals surface area contributed by atoms with Gasteiger partial charge < -0.3 is 10.1 Å². The minimum absolute atomic E-state index is 0.133. The zero-order chi connectivity index (χ0) is 12.9. The first kappa shape index (κ1) is 13.8. The molecule has 1 heterocycles. The molecule has 3 nitrogen and oxygen atoms in total. The van der Waals surface area contributed by atoms with Gasteiger partial charge in [0, 0.05) is 26.0 Å². The Balaban J connectivity index is 2.77. The molecular formula is C11H15F3N2O. The molecule has 0 saturated heterocycles. The summed E-state index contributed by atoms with van der Waals surface area (Å²) in [5, 5.41) is 2.74. The van der Waals surface area contributed by atoms with Crippen LogP contribution in [0.15, 0.2) is 18.3 Å².